The van der Waals surface area contributed by atoms with Crippen LogP contribution in [0.15, 0.2) is 36.4 Å². The lowest BCUT2D eigenvalue weighted by molar-refractivity contribution is 0.378. The van der Waals surface area contributed by atoms with E-state index in [9.17, 15) is 16.8 Å². The summed E-state index contributed by atoms with van der Waals surface area (Å²) in [7, 11) is -20.2. The summed E-state index contributed by atoms with van der Waals surface area (Å²) in [5, 5.41) is 6.38. The number of likely N-dealkylation sites (N-methyl/N-ethyl adjacent to an activating group) is 2. The smallest absolute Gasteiger partial charge is 0.394 e. The molecule has 0 fully saturated rings. The van der Waals surface area contributed by atoms with Gasteiger partial charge in [0.15, 0.2) is 0 Å². The van der Waals surface area contributed by atoms with Crippen molar-refractivity contribution in [2.24, 2.45) is 0 Å². The van der Waals surface area contributed by atoms with Gasteiger partial charge in [-0.15, -0.1) is 0 Å². The van der Waals surface area contributed by atoms with Crippen LogP contribution >= 0.6 is 0 Å². The van der Waals surface area contributed by atoms with Gasteiger partial charge in [0, 0.05) is 62.0 Å². The molecule has 0 atom stereocenters. The van der Waals surface area contributed by atoms with Gasteiger partial charge < -0.3 is 27.6 Å². The first-order valence-corrected chi connectivity index (χ1v) is 21.8. The van der Waals surface area contributed by atoms with Gasteiger partial charge in [-0.2, -0.15) is 25.3 Å². The Balaban J connectivity index is -0.000000315. The Morgan fingerprint density at radius 3 is 0.962 bits per heavy atom. The Morgan fingerprint density at radius 2 is 0.788 bits per heavy atom. The second kappa shape index (κ2) is 25.1. The summed E-state index contributed by atoms with van der Waals surface area (Å²) in [5.74, 6) is 0. The molecule has 0 spiro atoms. The Kier molecular flexibility index (Phi) is 26.9. The number of nitrogens with zero attached hydrogens (tertiary/aromatic N) is 2. The maximum atomic E-state index is 11.4. The van der Waals surface area contributed by atoms with Gasteiger partial charge in [0.05, 0.1) is 12.5 Å². The van der Waals surface area contributed by atoms with Crippen molar-refractivity contribution >= 4 is 74.0 Å². The van der Waals surface area contributed by atoms with Crippen LogP contribution in [-0.2, 0) is 51.2 Å². The molecule has 0 aromatic heterocycles. The predicted octanol–water partition coefficient (Wildman–Crippen LogP) is -0.242. The molecule has 0 heterocycles. The summed E-state index contributed by atoms with van der Waals surface area (Å²) in [4.78, 5) is 0. The third-order valence-corrected chi connectivity index (χ3v) is 8.32. The first-order valence-electron chi connectivity index (χ1n) is 13.9. The molecule has 0 radical (unpaired) electrons. The highest BCUT2D eigenvalue weighted by Crippen LogP contribution is 2.17. The monoisotopic (exact) mass is 854 g/mol. The molecule has 23 nitrogen and oxygen atoms in total. The standard InChI is InChI=1S/2C12H21N3O2S.3H2O4S.H2O/c2*1-4-15(18(3,16)17)8-7-14-11-5-6-12(13)10(2)9-11;3*1-5(2,3)4;/h2*5-6,9,14H,4,7-8,13H2,1-3H3;3*(H2,1,2,3,4);1H2. The molecule has 0 aliphatic rings. The largest absolute Gasteiger partial charge is 0.412 e. The summed E-state index contributed by atoms with van der Waals surface area (Å²) < 4.78 is 143. The fourth-order valence-corrected chi connectivity index (χ4v) is 5.12. The van der Waals surface area contributed by atoms with Crippen LogP contribution in [0.25, 0.3) is 0 Å². The summed E-state index contributed by atoms with van der Waals surface area (Å²) in [6.45, 7) is 10.6. The van der Waals surface area contributed by atoms with Gasteiger partial charge in [-0.05, 0) is 61.4 Å². The topological polar surface area (TPSA) is 406 Å². The average molecular weight is 855 g/mol. The van der Waals surface area contributed by atoms with Crippen LogP contribution in [0.5, 0.6) is 0 Å². The van der Waals surface area contributed by atoms with E-state index in [1.807, 2.05) is 64.1 Å². The number of hydrogen-bond acceptors (Lipinski definition) is 14. The Labute approximate surface area is 305 Å². The van der Waals surface area contributed by atoms with Crippen LogP contribution in [0.1, 0.15) is 25.0 Å². The van der Waals surface area contributed by atoms with E-state index < -0.39 is 51.2 Å². The van der Waals surface area contributed by atoms with E-state index >= 15 is 0 Å². The lowest BCUT2D eigenvalue weighted by Crippen LogP contribution is -2.33. The lowest BCUT2D eigenvalue weighted by Gasteiger charge is -2.18. The molecule has 0 saturated heterocycles. The average Bonchev–Trinajstić information content (AvgIpc) is 2.89. The number of nitrogens with one attached hydrogen (secondary N) is 2. The van der Waals surface area contributed by atoms with E-state index in [0.29, 0.717) is 39.3 Å². The molecule has 308 valence electrons. The quantitative estimate of drug-likeness (QED) is 0.0972. The fourth-order valence-electron chi connectivity index (χ4n) is 3.34. The predicted molar refractivity (Wildman–Crippen MR) is 198 cm³/mol. The van der Waals surface area contributed by atoms with Crippen LogP contribution in [0.2, 0.25) is 0 Å². The van der Waals surface area contributed by atoms with Gasteiger partial charge in [0.2, 0.25) is 20.0 Å². The number of anilines is 4. The van der Waals surface area contributed by atoms with Gasteiger partial charge in [0.1, 0.15) is 0 Å². The molecule has 52 heavy (non-hydrogen) atoms. The maximum absolute atomic E-state index is 11.4. The second-order valence-electron chi connectivity index (χ2n) is 9.85. The van der Waals surface area contributed by atoms with E-state index in [0.717, 1.165) is 33.9 Å². The van der Waals surface area contributed by atoms with Gasteiger partial charge >= 0.3 is 31.2 Å². The zero-order chi connectivity index (χ0) is 41.0. The van der Waals surface area contributed by atoms with E-state index in [-0.39, 0.29) is 5.48 Å². The maximum Gasteiger partial charge on any atom is 0.394 e. The molecule has 0 amide bonds. The minimum absolute atomic E-state index is 0. The van der Waals surface area contributed by atoms with Crippen molar-refractivity contribution in [2.45, 2.75) is 27.7 Å². The molecule has 0 bridgehead atoms. The zero-order valence-corrected chi connectivity index (χ0v) is 33.1. The fraction of sp³-hybridized carbons (Fsp3) is 0.500. The minimum atomic E-state index is -4.67. The highest BCUT2D eigenvalue weighted by atomic mass is 32.3. The molecule has 2 aromatic rings. The highest BCUT2D eigenvalue weighted by molar-refractivity contribution is 7.88. The highest BCUT2D eigenvalue weighted by Gasteiger charge is 2.14. The summed E-state index contributed by atoms with van der Waals surface area (Å²) >= 11 is 0. The molecule has 14 N–H and O–H groups in total. The van der Waals surface area contributed by atoms with Crippen molar-refractivity contribution in [1.29, 1.82) is 0 Å². The third-order valence-electron chi connectivity index (χ3n) is 5.56. The molecule has 0 saturated carbocycles. The van der Waals surface area contributed by atoms with Gasteiger partial charge in [-0.25, -0.2) is 25.4 Å². The van der Waals surface area contributed by atoms with Gasteiger partial charge in [-0.1, -0.05) is 13.8 Å². The second-order valence-corrected chi connectivity index (χ2v) is 16.5. The Morgan fingerprint density at radius 1 is 0.558 bits per heavy atom. The third kappa shape index (κ3) is 38.3. The van der Waals surface area contributed by atoms with Crippen LogP contribution in [0.4, 0.5) is 22.7 Å². The van der Waals surface area contributed by atoms with Crippen molar-refractivity contribution in [3.8, 4) is 0 Å². The van der Waals surface area contributed by atoms with E-state index in [1.54, 1.807) is 0 Å². The molecule has 0 aliphatic heterocycles. The number of nitrogens with two attached hydrogens (primary N) is 2. The number of hydrogen-bond donors (Lipinski definition) is 10. The number of aryl methyl sites for hydroxylation is 2. The van der Waals surface area contributed by atoms with Crippen LogP contribution in [-0.4, -0.2) is 135 Å². The Hall–Kier alpha value is -2.97. The van der Waals surface area contributed by atoms with Crippen molar-refractivity contribution in [3.63, 3.8) is 0 Å². The molecule has 0 aliphatic carbocycles. The lowest BCUT2D eigenvalue weighted by atomic mass is 10.2. The van der Waals surface area contributed by atoms with Crippen LogP contribution in [0.3, 0.4) is 0 Å². The van der Waals surface area contributed by atoms with Crippen LogP contribution in [0, 0.1) is 13.8 Å². The van der Waals surface area contributed by atoms with Crippen molar-refractivity contribution in [3.05, 3.63) is 47.5 Å². The molecule has 28 heteroatoms. The van der Waals surface area contributed by atoms with E-state index in [4.69, 9.17) is 64.0 Å². The normalized spacial score (nSPS) is 11.5. The summed E-state index contributed by atoms with van der Waals surface area (Å²) in [6, 6.07) is 11.4. The molecular formula is C24H50N6O17S5. The van der Waals surface area contributed by atoms with Gasteiger partial charge in [-0.3, -0.25) is 27.3 Å². The number of benzene rings is 2. The number of sulfonamides is 2. The summed E-state index contributed by atoms with van der Waals surface area (Å²) in [5.41, 5.74) is 16.9. The van der Waals surface area contributed by atoms with Crippen molar-refractivity contribution in [1.82, 2.24) is 8.61 Å². The van der Waals surface area contributed by atoms with E-state index in [2.05, 4.69) is 10.6 Å². The first kappa shape index (κ1) is 55.8. The van der Waals surface area contributed by atoms with Crippen molar-refractivity contribution < 1.29 is 74.9 Å². The molecule has 2 rings (SSSR count). The number of rotatable bonds is 12. The van der Waals surface area contributed by atoms with E-state index in [1.165, 1.54) is 21.1 Å². The van der Waals surface area contributed by atoms with Crippen molar-refractivity contribution in [2.75, 3.05) is 73.9 Å². The zero-order valence-electron chi connectivity index (χ0n) is 29.1. The Bertz CT molecular complexity index is 1710. The first-order chi connectivity index (χ1) is 22.7. The molecular weight excluding hydrogens is 805 g/mol. The molecule has 2 aromatic carbocycles. The van der Waals surface area contributed by atoms with Crippen LogP contribution < -0.4 is 22.1 Å². The molecule has 0 unspecified atom stereocenters. The summed E-state index contributed by atoms with van der Waals surface area (Å²) in [6.07, 6.45) is 2.45. The SMILES string of the molecule is CCN(CCNc1ccc(N)c(C)c1)S(C)(=O)=O.CCN(CCNc1ccc(N)c(C)c1)S(C)(=O)=O.O.O=S(=O)(O)O.O=S(=O)(O)O.O=S(=O)(O)O. The van der Waals surface area contributed by atoms with Gasteiger partial charge in [0.25, 0.3) is 0 Å². The number of nitrogen functional groups attached to an aromatic ring is 2. The minimum Gasteiger partial charge on any atom is -0.412 e.